The minimum atomic E-state index is -0.361. The number of rotatable bonds is 6. The highest BCUT2D eigenvalue weighted by Crippen LogP contribution is 2.14. The van der Waals surface area contributed by atoms with E-state index in [0.29, 0.717) is 18.2 Å². The lowest BCUT2D eigenvalue weighted by molar-refractivity contribution is -0.124. The minimum Gasteiger partial charge on any atom is -0.368 e. The fraction of sp³-hybridized carbons (Fsp3) is 0.353. The van der Waals surface area contributed by atoms with Gasteiger partial charge in [-0.05, 0) is 37.0 Å². The van der Waals surface area contributed by atoms with Crippen LogP contribution < -0.4 is 10.6 Å². The largest absolute Gasteiger partial charge is 0.368 e. The standard InChI is InChI=1S/C17H20N4O2/c22-17(14-7-4-12-23-14)19-16-9-8-15(20-21-16)18-11-10-13-5-2-1-3-6-13/h1-3,5-6,8-9,14H,4,7,10-12H2,(H,18,20)(H,19,21,22). The molecule has 0 bridgehead atoms. The number of hydrogen-bond donors (Lipinski definition) is 2. The van der Waals surface area contributed by atoms with Crippen molar-refractivity contribution in [2.75, 3.05) is 23.8 Å². The zero-order valence-electron chi connectivity index (χ0n) is 12.9. The summed E-state index contributed by atoms with van der Waals surface area (Å²) in [5.41, 5.74) is 1.27. The molecule has 1 aromatic carbocycles. The summed E-state index contributed by atoms with van der Waals surface area (Å²) in [6.07, 6.45) is 2.24. The van der Waals surface area contributed by atoms with Crippen molar-refractivity contribution in [2.45, 2.75) is 25.4 Å². The van der Waals surface area contributed by atoms with Crippen LogP contribution in [0, 0.1) is 0 Å². The van der Waals surface area contributed by atoms with Crippen LogP contribution in [0.1, 0.15) is 18.4 Å². The Kier molecular flexibility index (Phi) is 5.16. The van der Waals surface area contributed by atoms with Gasteiger partial charge in [0.25, 0.3) is 5.91 Å². The van der Waals surface area contributed by atoms with Gasteiger partial charge in [0.15, 0.2) is 5.82 Å². The van der Waals surface area contributed by atoms with Crippen LogP contribution in [-0.2, 0) is 16.0 Å². The number of amides is 1. The molecule has 1 aliphatic rings. The lowest BCUT2D eigenvalue weighted by Crippen LogP contribution is -2.27. The Morgan fingerprint density at radius 3 is 2.61 bits per heavy atom. The second kappa shape index (κ2) is 7.69. The smallest absolute Gasteiger partial charge is 0.254 e. The zero-order valence-corrected chi connectivity index (χ0v) is 12.9. The van der Waals surface area contributed by atoms with E-state index in [0.717, 1.165) is 25.8 Å². The summed E-state index contributed by atoms with van der Waals surface area (Å²) in [6, 6.07) is 13.8. The average Bonchev–Trinajstić information content (AvgIpc) is 3.12. The maximum Gasteiger partial charge on any atom is 0.254 e. The van der Waals surface area contributed by atoms with Gasteiger partial charge in [0, 0.05) is 13.2 Å². The Morgan fingerprint density at radius 2 is 1.91 bits per heavy atom. The van der Waals surface area contributed by atoms with Crippen LogP contribution in [-0.4, -0.2) is 35.4 Å². The number of ether oxygens (including phenoxy) is 1. The molecule has 2 N–H and O–H groups in total. The van der Waals surface area contributed by atoms with E-state index in [2.05, 4.69) is 33.0 Å². The Labute approximate surface area is 135 Å². The third kappa shape index (κ3) is 4.50. The van der Waals surface area contributed by atoms with E-state index in [4.69, 9.17) is 4.74 Å². The summed E-state index contributed by atoms with van der Waals surface area (Å²) in [7, 11) is 0. The number of hydrogen-bond acceptors (Lipinski definition) is 5. The number of nitrogens with one attached hydrogen (secondary N) is 2. The van der Waals surface area contributed by atoms with Crippen LogP contribution in [0.2, 0.25) is 0 Å². The van der Waals surface area contributed by atoms with Gasteiger partial charge in [-0.25, -0.2) is 0 Å². The van der Waals surface area contributed by atoms with Crippen LogP contribution in [0.5, 0.6) is 0 Å². The van der Waals surface area contributed by atoms with Crippen molar-refractivity contribution in [3.8, 4) is 0 Å². The summed E-state index contributed by atoms with van der Waals surface area (Å²) in [5.74, 6) is 0.983. The fourth-order valence-corrected chi connectivity index (χ4v) is 2.46. The first kappa shape index (κ1) is 15.4. The van der Waals surface area contributed by atoms with Gasteiger partial charge in [-0.15, -0.1) is 10.2 Å². The predicted molar refractivity (Wildman–Crippen MR) is 88.3 cm³/mol. The van der Waals surface area contributed by atoms with Gasteiger partial charge in [0.1, 0.15) is 11.9 Å². The van der Waals surface area contributed by atoms with Gasteiger partial charge < -0.3 is 15.4 Å². The SMILES string of the molecule is O=C(Nc1ccc(NCCc2ccccc2)nn1)C1CCCO1. The number of anilines is 2. The van der Waals surface area contributed by atoms with Gasteiger partial charge in [0.05, 0.1) is 0 Å². The van der Waals surface area contributed by atoms with Crippen LogP contribution in [0.3, 0.4) is 0 Å². The highest BCUT2D eigenvalue weighted by atomic mass is 16.5. The molecule has 0 radical (unpaired) electrons. The van der Waals surface area contributed by atoms with Crippen molar-refractivity contribution >= 4 is 17.5 Å². The molecule has 6 nitrogen and oxygen atoms in total. The van der Waals surface area contributed by atoms with Gasteiger partial charge in [-0.1, -0.05) is 30.3 Å². The van der Waals surface area contributed by atoms with Crippen molar-refractivity contribution in [1.82, 2.24) is 10.2 Å². The summed E-state index contributed by atoms with van der Waals surface area (Å²) in [6.45, 7) is 1.42. The second-order valence-corrected chi connectivity index (χ2v) is 5.46. The molecule has 1 aromatic heterocycles. The molecule has 0 aliphatic carbocycles. The molecule has 1 amide bonds. The summed E-state index contributed by atoms with van der Waals surface area (Å²) < 4.78 is 5.33. The Balaban J connectivity index is 1.46. The third-order valence-corrected chi connectivity index (χ3v) is 3.70. The molecule has 1 saturated heterocycles. The Bertz CT molecular complexity index is 625. The first-order valence-corrected chi connectivity index (χ1v) is 7.85. The van der Waals surface area contributed by atoms with Crippen molar-refractivity contribution in [3.05, 3.63) is 48.0 Å². The number of nitrogens with zero attached hydrogens (tertiary/aromatic N) is 2. The maximum atomic E-state index is 11.9. The number of aromatic nitrogens is 2. The molecule has 0 saturated carbocycles. The molecule has 1 fully saturated rings. The first-order chi connectivity index (χ1) is 11.3. The molecule has 1 aliphatic heterocycles. The van der Waals surface area contributed by atoms with Crippen molar-refractivity contribution < 1.29 is 9.53 Å². The van der Waals surface area contributed by atoms with Crippen molar-refractivity contribution in [1.29, 1.82) is 0 Å². The van der Waals surface area contributed by atoms with Gasteiger partial charge in [-0.2, -0.15) is 0 Å². The topological polar surface area (TPSA) is 76.1 Å². The Morgan fingerprint density at radius 1 is 1.13 bits per heavy atom. The van der Waals surface area contributed by atoms with Gasteiger partial charge in [0.2, 0.25) is 0 Å². The number of carbonyl (C=O) groups is 1. The van der Waals surface area contributed by atoms with Crippen molar-refractivity contribution in [2.24, 2.45) is 0 Å². The molecule has 6 heteroatoms. The lowest BCUT2D eigenvalue weighted by atomic mass is 10.1. The minimum absolute atomic E-state index is 0.151. The normalized spacial score (nSPS) is 17.0. The average molecular weight is 312 g/mol. The van der Waals surface area contributed by atoms with E-state index in [1.165, 1.54) is 5.56 Å². The van der Waals surface area contributed by atoms with E-state index in [1.807, 2.05) is 24.3 Å². The van der Waals surface area contributed by atoms with Gasteiger partial charge in [-0.3, -0.25) is 4.79 Å². The molecule has 1 unspecified atom stereocenters. The van der Waals surface area contributed by atoms with Crippen LogP contribution in [0.15, 0.2) is 42.5 Å². The molecule has 1 atom stereocenters. The van der Waals surface area contributed by atoms with Crippen LogP contribution >= 0.6 is 0 Å². The van der Waals surface area contributed by atoms with Crippen LogP contribution in [0.4, 0.5) is 11.6 Å². The zero-order chi connectivity index (χ0) is 15.9. The second-order valence-electron chi connectivity index (χ2n) is 5.46. The van der Waals surface area contributed by atoms with E-state index in [-0.39, 0.29) is 12.0 Å². The summed E-state index contributed by atoms with van der Waals surface area (Å²) in [4.78, 5) is 11.9. The monoisotopic (exact) mass is 312 g/mol. The van der Waals surface area contributed by atoms with E-state index >= 15 is 0 Å². The molecule has 2 aromatic rings. The molecule has 0 spiro atoms. The third-order valence-electron chi connectivity index (χ3n) is 3.70. The van der Waals surface area contributed by atoms with Gasteiger partial charge >= 0.3 is 0 Å². The molecule has 23 heavy (non-hydrogen) atoms. The van der Waals surface area contributed by atoms with Crippen LogP contribution in [0.25, 0.3) is 0 Å². The first-order valence-electron chi connectivity index (χ1n) is 7.85. The molecule has 2 heterocycles. The highest BCUT2D eigenvalue weighted by Gasteiger charge is 2.23. The summed E-state index contributed by atoms with van der Waals surface area (Å²) in [5, 5.41) is 14.0. The fourth-order valence-electron chi connectivity index (χ4n) is 2.46. The highest BCUT2D eigenvalue weighted by molar-refractivity contribution is 5.93. The lowest BCUT2D eigenvalue weighted by Gasteiger charge is -2.10. The number of benzene rings is 1. The maximum absolute atomic E-state index is 11.9. The molecule has 120 valence electrons. The molecular weight excluding hydrogens is 292 g/mol. The quantitative estimate of drug-likeness (QED) is 0.855. The molecule has 3 rings (SSSR count). The summed E-state index contributed by atoms with van der Waals surface area (Å²) >= 11 is 0. The van der Waals surface area contributed by atoms with Crippen molar-refractivity contribution in [3.63, 3.8) is 0 Å². The van der Waals surface area contributed by atoms with E-state index < -0.39 is 0 Å². The Hall–Kier alpha value is -2.47. The predicted octanol–water partition coefficient (Wildman–Crippen LogP) is 2.25. The van der Waals surface area contributed by atoms with E-state index in [1.54, 1.807) is 6.07 Å². The van der Waals surface area contributed by atoms with E-state index in [9.17, 15) is 4.79 Å². The molecular formula is C17H20N4O2. The number of carbonyl (C=O) groups excluding carboxylic acids is 1.